The Morgan fingerprint density at radius 3 is 2.55 bits per heavy atom. The fraction of sp³-hybridized carbons (Fsp3) is 0.250. The van der Waals surface area contributed by atoms with E-state index in [2.05, 4.69) is 20.3 Å². The molecule has 5 N–H and O–H groups in total. The number of benzene rings is 2. The van der Waals surface area contributed by atoms with E-state index in [9.17, 15) is 0 Å². The van der Waals surface area contributed by atoms with E-state index < -0.39 is 0 Å². The highest BCUT2D eigenvalue weighted by Crippen LogP contribution is 2.36. The molecule has 0 amide bonds. The van der Waals surface area contributed by atoms with Crippen LogP contribution in [0.1, 0.15) is 31.7 Å². The minimum absolute atomic E-state index is 0.260. The highest BCUT2D eigenvalue weighted by atomic mass is 16.4. The molecule has 2 aromatic carbocycles. The van der Waals surface area contributed by atoms with Gasteiger partial charge in [0.25, 0.3) is 6.01 Å². The molecule has 9 heteroatoms. The summed E-state index contributed by atoms with van der Waals surface area (Å²) >= 11 is 0. The molecule has 166 valence electrons. The van der Waals surface area contributed by atoms with Crippen molar-refractivity contribution in [2.45, 2.75) is 37.8 Å². The van der Waals surface area contributed by atoms with E-state index in [4.69, 9.17) is 21.0 Å². The molecule has 3 heterocycles. The summed E-state index contributed by atoms with van der Waals surface area (Å²) in [6, 6.07) is 16.6. The second-order valence-corrected chi connectivity index (χ2v) is 8.51. The number of para-hydroxylation sites is 2. The minimum Gasteiger partial charge on any atom is -0.423 e. The summed E-state index contributed by atoms with van der Waals surface area (Å²) in [6.45, 7) is 0. The maximum Gasteiger partial charge on any atom is 0.300 e. The zero-order chi connectivity index (χ0) is 22.4. The standard InChI is InChI=1S/C24H24N8O/c25-15-7-11-17(12-8-15)32-23-20(22(26)27-13-28-23)21(31-32)14-5-9-16(10-6-14)29-24-30-18-3-1-2-4-19(18)33-24/h1-6,9-10,13,15,17H,7-8,11-12,25H2,(H,29,30)(H2,26,27,28). The summed E-state index contributed by atoms with van der Waals surface area (Å²) in [5, 5.41) is 8.95. The smallest absolute Gasteiger partial charge is 0.300 e. The Morgan fingerprint density at radius 2 is 1.76 bits per heavy atom. The van der Waals surface area contributed by atoms with Gasteiger partial charge in [0.1, 0.15) is 23.4 Å². The summed E-state index contributed by atoms with van der Waals surface area (Å²) in [4.78, 5) is 13.2. The van der Waals surface area contributed by atoms with Crippen molar-refractivity contribution < 1.29 is 4.42 Å². The first-order chi connectivity index (χ1) is 16.2. The van der Waals surface area contributed by atoms with Gasteiger partial charge in [-0.1, -0.05) is 24.3 Å². The van der Waals surface area contributed by atoms with Crippen LogP contribution in [-0.4, -0.2) is 30.8 Å². The summed E-state index contributed by atoms with van der Waals surface area (Å²) in [5.41, 5.74) is 17.3. The van der Waals surface area contributed by atoms with Crippen LogP contribution in [0, 0.1) is 0 Å². The number of hydrogen-bond acceptors (Lipinski definition) is 8. The maximum atomic E-state index is 6.27. The third-order valence-corrected chi connectivity index (χ3v) is 6.31. The van der Waals surface area contributed by atoms with Crippen LogP contribution in [0.5, 0.6) is 0 Å². The molecule has 0 aliphatic heterocycles. The number of anilines is 3. The predicted octanol–water partition coefficient (Wildman–Crippen LogP) is 4.40. The number of rotatable bonds is 4. The van der Waals surface area contributed by atoms with Crippen LogP contribution < -0.4 is 16.8 Å². The molecular formula is C24H24N8O. The van der Waals surface area contributed by atoms with Crippen molar-refractivity contribution in [2.24, 2.45) is 5.73 Å². The molecule has 0 bridgehead atoms. The lowest BCUT2D eigenvalue weighted by molar-refractivity contribution is 0.310. The van der Waals surface area contributed by atoms with Crippen molar-refractivity contribution in [1.82, 2.24) is 24.7 Å². The lowest BCUT2D eigenvalue weighted by Gasteiger charge is -2.26. The van der Waals surface area contributed by atoms with Gasteiger partial charge in [0, 0.05) is 17.3 Å². The molecule has 1 aliphatic rings. The Kier molecular flexibility index (Phi) is 4.69. The largest absolute Gasteiger partial charge is 0.423 e. The van der Waals surface area contributed by atoms with Crippen LogP contribution in [-0.2, 0) is 0 Å². The van der Waals surface area contributed by atoms with Gasteiger partial charge in [-0.05, 0) is 49.9 Å². The number of nitrogens with one attached hydrogen (secondary N) is 1. The van der Waals surface area contributed by atoms with Gasteiger partial charge in [-0.3, -0.25) is 0 Å². The Labute approximate surface area is 189 Å². The number of oxazole rings is 1. The van der Waals surface area contributed by atoms with Crippen LogP contribution in [0.4, 0.5) is 17.5 Å². The fourth-order valence-electron chi connectivity index (χ4n) is 4.56. The quantitative estimate of drug-likeness (QED) is 0.374. The summed E-state index contributed by atoms with van der Waals surface area (Å²) in [5.74, 6) is 0.433. The average molecular weight is 441 g/mol. The van der Waals surface area contributed by atoms with Crippen molar-refractivity contribution in [2.75, 3.05) is 11.1 Å². The number of nitrogens with zero attached hydrogens (tertiary/aromatic N) is 5. The average Bonchev–Trinajstić information content (AvgIpc) is 3.42. The molecule has 0 radical (unpaired) electrons. The van der Waals surface area contributed by atoms with Gasteiger partial charge < -0.3 is 21.2 Å². The monoisotopic (exact) mass is 440 g/mol. The number of nitrogen functional groups attached to an aromatic ring is 1. The van der Waals surface area contributed by atoms with E-state index in [1.165, 1.54) is 6.33 Å². The van der Waals surface area contributed by atoms with E-state index >= 15 is 0 Å². The van der Waals surface area contributed by atoms with Gasteiger partial charge >= 0.3 is 0 Å². The van der Waals surface area contributed by atoms with Gasteiger partial charge in [-0.2, -0.15) is 10.1 Å². The lowest BCUT2D eigenvalue weighted by atomic mass is 9.92. The SMILES string of the molecule is Nc1ncnc2c1c(-c1ccc(Nc3nc4ccccc4o3)cc1)nn2C1CCC(N)CC1. The first-order valence-corrected chi connectivity index (χ1v) is 11.1. The van der Waals surface area contributed by atoms with E-state index in [1.54, 1.807) is 0 Å². The van der Waals surface area contributed by atoms with Gasteiger partial charge in [0.05, 0.1) is 11.4 Å². The number of hydrogen-bond donors (Lipinski definition) is 3. The molecule has 6 rings (SSSR count). The summed E-state index contributed by atoms with van der Waals surface area (Å²) in [6.07, 6.45) is 5.43. The molecule has 5 aromatic rings. The maximum absolute atomic E-state index is 6.27. The molecule has 0 spiro atoms. The topological polar surface area (TPSA) is 134 Å². The Morgan fingerprint density at radius 1 is 0.970 bits per heavy atom. The zero-order valence-corrected chi connectivity index (χ0v) is 18.0. The fourth-order valence-corrected chi connectivity index (χ4v) is 4.56. The van der Waals surface area contributed by atoms with E-state index in [0.29, 0.717) is 11.8 Å². The molecular weight excluding hydrogens is 416 g/mol. The number of aromatic nitrogens is 5. The number of nitrogens with two attached hydrogens (primary N) is 2. The Balaban J connectivity index is 1.33. The molecule has 1 aliphatic carbocycles. The molecule has 0 atom stereocenters. The van der Waals surface area contributed by atoms with Crippen molar-refractivity contribution in [1.29, 1.82) is 0 Å². The van der Waals surface area contributed by atoms with Crippen LogP contribution >= 0.6 is 0 Å². The highest BCUT2D eigenvalue weighted by Gasteiger charge is 2.25. The predicted molar refractivity (Wildman–Crippen MR) is 128 cm³/mol. The summed E-state index contributed by atoms with van der Waals surface area (Å²) < 4.78 is 7.77. The molecule has 1 saturated carbocycles. The zero-order valence-electron chi connectivity index (χ0n) is 18.0. The van der Waals surface area contributed by atoms with Crippen molar-refractivity contribution in [3.8, 4) is 11.3 Å². The minimum atomic E-state index is 0.260. The second kappa shape index (κ2) is 7.86. The van der Waals surface area contributed by atoms with E-state index in [1.807, 2.05) is 53.2 Å². The molecule has 33 heavy (non-hydrogen) atoms. The number of fused-ring (bicyclic) bond motifs is 2. The molecule has 3 aromatic heterocycles. The van der Waals surface area contributed by atoms with Gasteiger partial charge in [0.2, 0.25) is 0 Å². The van der Waals surface area contributed by atoms with Gasteiger partial charge in [-0.15, -0.1) is 0 Å². The molecule has 0 unspecified atom stereocenters. The third kappa shape index (κ3) is 3.56. The van der Waals surface area contributed by atoms with Gasteiger partial charge in [0.15, 0.2) is 11.2 Å². The lowest BCUT2D eigenvalue weighted by Crippen LogP contribution is -2.28. The second-order valence-electron chi connectivity index (χ2n) is 8.51. The Hall–Kier alpha value is -3.98. The first kappa shape index (κ1) is 19.7. The van der Waals surface area contributed by atoms with Crippen LogP contribution in [0.3, 0.4) is 0 Å². The Bertz CT molecular complexity index is 1400. The van der Waals surface area contributed by atoms with E-state index in [0.717, 1.165) is 64.8 Å². The highest BCUT2D eigenvalue weighted by molar-refractivity contribution is 5.98. The molecule has 1 fully saturated rings. The summed E-state index contributed by atoms with van der Waals surface area (Å²) in [7, 11) is 0. The van der Waals surface area contributed by atoms with Crippen molar-refractivity contribution >= 4 is 39.7 Å². The van der Waals surface area contributed by atoms with E-state index in [-0.39, 0.29) is 12.1 Å². The molecule has 0 saturated heterocycles. The molecule has 9 nitrogen and oxygen atoms in total. The van der Waals surface area contributed by atoms with Crippen LogP contribution in [0.15, 0.2) is 59.3 Å². The van der Waals surface area contributed by atoms with Crippen molar-refractivity contribution in [3.63, 3.8) is 0 Å². The van der Waals surface area contributed by atoms with Gasteiger partial charge in [-0.25, -0.2) is 14.6 Å². The van der Waals surface area contributed by atoms with Crippen LogP contribution in [0.25, 0.3) is 33.4 Å². The van der Waals surface area contributed by atoms with Crippen LogP contribution in [0.2, 0.25) is 0 Å². The third-order valence-electron chi connectivity index (χ3n) is 6.31. The normalized spacial score (nSPS) is 18.7. The first-order valence-electron chi connectivity index (χ1n) is 11.1. The van der Waals surface area contributed by atoms with Crippen molar-refractivity contribution in [3.05, 3.63) is 54.9 Å².